The number of piperidine rings is 1. The molecule has 0 unspecified atom stereocenters. The topological polar surface area (TPSA) is 62.6 Å². The number of likely N-dealkylation sites (tertiary alicyclic amines) is 1. The van der Waals surface area contributed by atoms with Gasteiger partial charge in [0.2, 0.25) is 0 Å². The molecule has 0 saturated carbocycles. The van der Waals surface area contributed by atoms with Crippen molar-refractivity contribution in [2.24, 2.45) is 5.92 Å². The van der Waals surface area contributed by atoms with Crippen molar-refractivity contribution >= 4 is 33.4 Å². The minimum atomic E-state index is -0.350. The first-order valence-electron chi connectivity index (χ1n) is 7.99. The van der Waals surface area contributed by atoms with E-state index >= 15 is 0 Å². The van der Waals surface area contributed by atoms with Gasteiger partial charge in [0, 0.05) is 24.3 Å². The van der Waals surface area contributed by atoms with E-state index in [1.807, 2.05) is 4.90 Å². The predicted molar refractivity (Wildman–Crippen MR) is 95.1 cm³/mol. The van der Waals surface area contributed by atoms with Gasteiger partial charge in [-0.2, -0.15) is 0 Å². The fourth-order valence-corrected chi connectivity index (χ4v) is 3.06. The summed E-state index contributed by atoms with van der Waals surface area (Å²) >= 11 is 3.17. The van der Waals surface area contributed by atoms with E-state index in [0.717, 1.165) is 25.9 Å². The number of anilines is 1. The number of benzene rings is 1. The Morgan fingerprint density at radius 2 is 1.96 bits per heavy atom. The molecule has 0 atom stereocenters. The summed E-state index contributed by atoms with van der Waals surface area (Å²) < 4.78 is 5.73. The maximum absolute atomic E-state index is 12.6. The predicted octanol–water partition coefficient (Wildman–Crippen LogP) is 4.17. The number of halogens is 1. The second-order valence-electron chi connectivity index (χ2n) is 6.11. The van der Waals surface area contributed by atoms with Gasteiger partial charge < -0.3 is 14.6 Å². The van der Waals surface area contributed by atoms with Gasteiger partial charge in [-0.3, -0.25) is 9.59 Å². The van der Waals surface area contributed by atoms with E-state index in [0.29, 0.717) is 21.8 Å². The third-order valence-corrected chi connectivity index (χ3v) is 4.66. The fourth-order valence-electron chi connectivity index (χ4n) is 2.75. The molecule has 0 bridgehead atoms. The summed E-state index contributed by atoms with van der Waals surface area (Å²) in [5, 5.41) is 2.75. The molecule has 0 radical (unpaired) electrons. The largest absolute Gasteiger partial charge is 0.444 e. The van der Waals surface area contributed by atoms with E-state index in [1.54, 1.807) is 36.4 Å². The van der Waals surface area contributed by atoms with Gasteiger partial charge in [-0.25, -0.2) is 0 Å². The number of amides is 2. The van der Waals surface area contributed by atoms with Crippen molar-refractivity contribution in [2.75, 3.05) is 18.4 Å². The van der Waals surface area contributed by atoms with Crippen LogP contribution in [0.4, 0.5) is 5.69 Å². The molecule has 1 aromatic carbocycles. The van der Waals surface area contributed by atoms with Gasteiger partial charge in [0.25, 0.3) is 11.8 Å². The third kappa shape index (κ3) is 3.87. The van der Waals surface area contributed by atoms with Crippen LogP contribution in [0, 0.1) is 5.92 Å². The van der Waals surface area contributed by atoms with Crippen LogP contribution in [0.5, 0.6) is 0 Å². The highest BCUT2D eigenvalue weighted by Crippen LogP contribution is 2.20. The molecule has 1 aromatic heterocycles. The zero-order valence-electron chi connectivity index (χ0n) is 13.4. The summed E-state index contributed by atoms with van der Waals surface area (Å²) in [6.45, 7) is 3.79. The number of rotatable bonds is 3. The molecule has 1 fully saturated rings. The molecule has 2 amide bonds. The van der Waals surface area contributed by atoms with E-state index in [9.17, 15) is 9.59 Å². The van der Waals surface area contributed by atoms with Crippen LogP contribution in [-0.2, 0) is 0 Å². The highest BCUT2D eigenvalue weighted by Gasteiger charge is 2.21. The lowest BCUT2D eigenvalue weighted by molar-refractivity contribution is 0.0697. The highest BCUT2D eigenvalue weighted by atomic mass is 79.9. The minimum absolute atomic E-state index is 0.0127. The average molecular weight is 391 g/mol. The molecular weight excluding hydrogens is 372 g/mol. The second-order valence-corrected chi connectivity index (χ2v) is 6.89. The summed E-state index contributed by atoms with van der Waals surface area (Å²) in [6.07, 6.45) is 2.07. The Balaban J connectivity index is 1.69. The van der Waals surface area contributed by atoms with Gasteiger partial charge in [-0.05, 0) is 65.0 Å². The Hall–Kier alpha value is -2.08. The number of carbonyl (C=O) groups is 2. The molecule has 0 spiro atoms. The Labute approximate surface area is 149 Å². The second kappa shape index (κ2) is 7.21. The molecule has 1 aliphatic rings. The molecular formula is C18H19BrN2O3. The van der Waals surface area contributed by atoms with Crippen molar-refractivity contribution in [1.29, 1.82) is 0 Å². The first-order valence-corrected chi connectivity index (χ1v) is 8.78. The SMILES string of the molecule is CC1CCN(C(=O)c2cccc(NC(=O)c3ccc(Br)o3)c2)CC1. The Morgan fingerprint density at radius 3 is 2.62 bits per heavy atom. The van der Waals surface area contributed by atoms with Crippen LogP contribution >= 0.6 is 15.9 Å². The maximum Gasteiger partial charge on any atom is 0.291 e. The first kappa shape index (κ1) is 16.8. The monoisotopic (exact) mass is 390 g/mol. The minimum Gasteiger partial charge on any atom is -0.444 e. The molecule has 1 saturated heterocycles. The van der Waals surface area contributed by atoms with Crippen molar-refractivity contribution in [1.82, 2.24) is 4.90 Å². The van der Waals surface area contributed by atoms with Crippen molar-refractivity contribution in [2.45, 2.75) is 19.8 Å². The van der Waals surface area contributed by atoms with Gasteiger partial charge in [0.05, 0.1) is 0 Å². The smallest absolute Gasteiger partial charge is 0.291 e. The van der Waals surface area contributed by atoms with Gasteiger partial charge in [0.15, 0.2) is 10.4 Å². The standard InChI is InChI=1S/C18H19BrN2O3/c1-12-7-9-21(10-8-12)18(23)13-3-2-4-14(11-13)20-17(22)15-5-6-16(19)24-15/h2-6,11-12H,7-10H2,1H3,(H,20,22). The lowest BCUT2D eigenvalue weighted by Gasteiger charge is -2.30. The zero-order chi connectivity index (χ0) is 17.1. The van der Waals surface area contributed by atoms with Crippen LogP contribution in [0.3, 0.4) is 0 Å². The molecule has 1 aliphatic heterocycles. The zero-order valence-corrected chi connectivity index (χ0v) is 15.0. The number of furan rings is 1. The number of hydrogen-bond donors (Lipinski definition) is 1. The lowest BCUT2D eigenvalue weighted by atomic mass is 9.98. The molecule has 6 heteroatoms. The van der Waals surface area contributed by atoms with Crippen LogP contribution in [0.1, 0.15) is 40.7 Å². The summed E-state index contributed by atoms with van der Waals surface area (Å²) in [7, 11) is 0. The third-order valence-electron chi connectivity index (χ3n) is 4.24. The quantitative estimate of drug-likeness (QED) is 0.855. The van der Waals surface area contributed by atoms with Crippen LogP contribution in [-0.4, -0.2) is 29.8 Å². The van der Waals surface area contributed by atoms with Crippen molar-refractivity contribution < 1.29 is 14.0 Å². The molecule has 2 aromatic rings. The summed E-state index contributed by atoms with van der Waals surface area (Å²) in [5.41, 5.74) is 1.16. The number of carbonyl (C=O) groups excluding carboxylic acids is 2. The van der Waals surface area contributed by atoms with Gasteiger partial charge in [-0.1, -0.05) is 13.0 Å². The van der Waals surface area contributed by atoms with Crippen LogP contribution < -0.4 is 5.32 Å². The van der Waals surface area contributed by atoms with Gasteiger partial charge >= 0.3 is 0 Å². The Morgan fingerprint density at radius 1 is 1.21 bits per heavy atom. The Kier molecular flexibility index (Phi) is 5.04. The highest BCUT2D eigenvalue weighted by molar-refractivity contribution is 9.10. The molecule has 5 nitrogen and oxygen atoms in total. The molecule has 1 N–H and O–H groups in total. The molecule has 24 heavy (non-hydrogen) atoms. The number of hydrogen-bond acceptors (Lipinski definition) is 3. The average Bonchev–Trinajstić information content (AvgIpc) is 3.02. The van der Waals surface area contributed by atoms with E-state index < -0.39 is 0 Å². The number of nitrogens with one attached hydrogen (secondary N) is 1. The van der Waals surface area contributed by atoms with Crippen LogP contribution in [0.2, 0.25) is 0 Å². The van der Waals surface area contributed by atoms with E-state index in [1.165, 1.54) is 0 Å². The molecule has 0 aliphatic carbocycles. The van der Waals surface area contributed by atoms with E-state index in [2.05, 4.69) is 28.2 Å². The van der Waals surface area contributed by atoms with Crippen molar-refractivity contribution in [3.05, 3.63) is 52.4 Å². The normalized spacial score (nSPS) is 15.3. The van der Waals surface area contributed by atoms with Gasteiger partial charge in [-0.15, -0.1) is 0 Å². The molecule has 3 rings (SSSR count). The van der Waals surface area contributed by atoms with Crippen molar-refractivity contribution in [3.63, 3.8) is 0 Å². The van der Waals surface area contributed by atoms with Gasteiger partial charge in [0.1, 0.15) is 0 Å². The number of nitrogens with zero attached hydrogens (tertiary/aromatic N) is 1. The molecule has 126 valence electrons. The molecule has 2 heterocycles. The summed E-state index contributed by atoms with van der Waals surface area (Å²) in [5.74, 6) is 0.548. The van der Waals surface area contributed by atoms with Crippen molar-refractivity contribution in [3.8, 4) is 0 Å². The van der Waals surface area contributed by atoms with Crippen LogP contribution in [0.25, 0.3) is 0 Å². The lowest BCUT2D eigenvalue weighted by Crippen LogP contribution is -2.37. The maximum atomic E-state index is 12.6. The van der Waals surface area contributed by atoms with Crippen LogP contribution in [0.15, 0.2) is 45.5 Å². The summed E-state index contributed by atoms with van der Waals surface area (Å²) in [4.78, 5) is 26.6. The Bertz CT molecular complexity index is 748. The first-order chi connectivity index (χ1) is 11.5. The van der Waals surface area contributed by atoms with E-state index in [-0.39, 0.29) is 17.6 Å². The summed E-state index contributed by atoms with van der Waals surface area (Å²) in [6, 6.07) is 10.3. The fraction of sp³-hybridized carbons (Fsp3) is 0.333. The van der Waals surface area contributed by atoms with E-state index in [4.69, 9.17) is 4.42 Å².